The molecule has 1 aliphatic carbocycles. The fourth-order valence-electron chi connectivity index (χ4n) is 2.74. The van der Waals surface area contributed by atoms with E-state index in [1.165, 1.54) is 19.3 Å². The third-order valence-electron chi connectivity index (χ3n) is 3.62. The minimum atomic E-state index is -0.140. The van der Waals surface area contributed by atoms with Crippen LogP contribution in [0, 0.1) is 6.92 Å². The molecule has 17 heavy (non-hydrogen) atoms. The Morgan fingerprint density at radius 3 is 2.53 bits per heavy atom. The maximum Gasteiger partial charge on any atom is 0.0661 e. The molecule has 0 aromatic heterocycles. The van der Waals surface area contributed by atoms with Gasteiger partial charge in [0, 0.05) is 11.4 Å². The minimum absolute atomic E-state index is 0.140. The molecule has 1 aromatic rings. The zero-order chi connectivity index (χ0) is 12.3. The average Bonchev–Trinajstić information content (AvgIpc) is 2.29. The van der Waals surface area contributed by atoms with E-state index in [-0.39, 0.29) is 12.1 Å². The summed E-state index contributed by atoms with van der Waals surface area (Å²) in [6, 6.07) is 5.99. The Morgan fingerprint density at radius 1 is 1.24 bits per heavy atom. The number of nitrogens with two attached hydrogens (primary N) is 1. The monoisotopic (exact) mass is 234 g/mol. The molecule has 0 spiro atoms. The van der Waals surface area contributed by atoms with E-state index in [2.05, 4.69) is 11.4 Å². The molecule has 0 saturated heterocycles. The summed E-state index contributed by atoms with van der Waals surface area (Å²) in [7, 11) is 0. The molecule has 94 valence electrons. The second kappa shape index (κ2) is 4.96. The topological polar surface area (TPSA) is 58.3 Å². The highest BCUT2D eigenvalue weighted by Gasteiger charge is 2.31. The molecule has 3 nitrogen and oxygen atoms in total. The van der Waals surface area contributed by atoms with Crippen LogP contribution in [0.5, 0.6) is 0 Å². The first kappa shape index (κ1) is 12.2. The van der Waals surface area contributed by atoms with Crippen LogP contribution in [-0.4, -0.2) is 17.3 Å². The van der Waals surface area contributed by atoms with Gasteiger partial charge in [-0.15, -0.1) is 0 Å². The highest BCUT2D eigenvalue weighted by Crippen LogP contribution is 2.32. The van der Waals surface area contributed by atoms with Crippen LogP contribution in [-0.2, 0) is 0 Å². The van der Waals surface area contributed by atoms with Crippen molar-refractivity contribution in [2.45, 2.75) is 44.6 Å². The number of anilines is 2. The molecule has 0 atom stereocenters. The predicted molar refractivity (Wildman–Crippen MR) is 72.1 cm³/mol. The lowest BCUT2D eigenvalue weighted by Crippen LogP contribution is -2.43. The van der Waals surface area contributed by atoms with Crippen molar-refractivity contribution in [2.75, 3.05) is 17.7 Å². The van der Waals surface area contributed by atoms with Gasteiger partial charge in [-0.05, 0) is 43.5 Å². The van der Waals surface area contributed by atoms with Crippen LogP contribution < -0.4 is 11.1 Å². The van der Waals surface area contributed by atoms with Crippen molar-refractivity contribution in [2.24, 2.45) is 0 Å². The number of benzene rings is 1. The fourth-order valence-corrected chi connectivity index (χ4v) is 2.74. The van der Waals surface area contributed by atoms with Crippen LogP contribution in [0.3, 0.4) is 0 Å². The molecular weight excluding hydrogens is 212 g/mol. The van der Waals surface area contributed by atoms with Gasteiger partial charge in [0.15, 0.2) is 0 Å². The van der Waals surface area contributed by atoms with Gasteiger partial charge in [0.1, 0.15) is 0 Å². The molecule has 4 N–H and O–H groups in total. The third-order valence-corrected chi connectivity index (χ3v) is 3.62. The first-order chi connectivity index (χ1) is 8.13. The molecule has 0 heterocycles. The second-order valence-corrected chi connectivity index (χ2v) is 5.26. The van der Waals surface area contributed by atoms with Crippen molar-refractivity contribution < 1.29 is 5.11 Å². The number of nitrogen functional groups attached to an aromatic ring is 1. The van der Waals surface area contributed by atoms with Crippen LogP contribution in [0.1, 0.15) is 37.7 Å². The Labute approximate surface area is 103 Å². The predicted octanol–water partition coefficient (Wildman–Crippen LogP) is 2.68. The number of aliphatic hydroxyl groups excluding tert-OH is 1. The Morgan fingerprint density at radius 2 is 1.94 bits per heavy atom. The van der Waals surface area contributed by atoms with Crippen molar-refractivity contribution in [1.82, 2.24) is 0 Å². The third kappa shape index (κ3) is 2.91. The zero-order valence-electron chi connectivity index (χ0n) is 10.5. The van der Waals surface area contributed by atoms with Crippen LogP contribution >= 0.6 is 0 Å². The SMILES string of the molecule is Cc1cc(N)cc(NC2(CO)CCCCC2)c1. The van der Waals surface area contributed by atoms with Crippen LogP contribution in [0.25, 0.3) is 0 Å². The normalized spacial score (nSPS) is 18.9. The van der Waals surface area contributed by atoms with E-state index >= 15 is 0 Å². The van der Waals surface area contributed by atoms with Gasteiger partial charge in [0.05, 0.1) is 12.1 Å². The van der Waals surface area contributed by atoms with Crippen LogP contribution in [0.2, 0.25) is 0 Å². The summed E-state index contributed by atoms with van der Waals surface area (Å²) in [4.78, 5) is 0. The summed E-state index contributed by atoms with van der Waals surface area (Å²) >= 11 is 0. The summed E-state index contributed by atoms with van der Waals surface area (Å²) in [5.74, 6) is 0. The first-order valence-corrected chi connectivity index (χ1v) is 6.40. The lowest BCUT2D eigenvalue weighted by Gasteiger charge is -2.37. The molecule has 1 aromatic carbocycles. The van der Waals surface area contributed by atoms with E-state index in [0.717, 1.165) is 29.8 Å². The van der Waals surface area contributed by atoms with Gasteiger partial charge in [-0.3, -0.25) is 0 Å². The molecule has 0 amide bonds. The van der Waals surface area contributed by atoms with Gasteiger partial charge >= 0.3 is 0 Å². The van der Waals surface area contributed by atoms with E-state index in [1.54, 1.807) is 0 Å². The van der Waals surface area contributed by atoms with Gasteiger partial charge in [0.25, 0.3) is 0 Å². The van der Waals surface area contributed by atoms with E-state index in [1.807, 2.05) is 19.1 Å². The number of hydrogen-bond donors (Lipinski definition) is 3. The average molecular weight is 234 g/mol. The molecule has 0 bridgehead atoms. The Kier molecular flexibility index (Phi) is 3.57. The van der Waals surface area contributed by atoms with Gasteiger partial charge in [-0.25, -0.2) is 0 Å². The Bertz CT molecular complexity index is 364. The number of aryl methyl sites for hydroxylation is 1. The van der Waals surface area contributed by atoms with Crippen LogP contribution in [0.4, 0.5) is 11.4 Å². The van der Waals surface area contributed by atoms with Crippen molar-refractivity contribution in [3.8, 4) is 0 Å². The maximum atomic E-state index is 9.65. The van der Waals surface area contributed by atoms with Crippen molar-refractivity contribution in [3.05, 3.63) is 23.8 Å². The molecule has 2 rings (SSSR count). The number of hydrogen-bond acceptors (Lipinski definition) is 3. The summed E-state index contributed by atoms with van der Waals surface area (Å²) in [6.45, 7) is 2.23. The fraction of sp³-hybridized carbons (Fsp3) is 0.571. The number of aliphatic hydroxyl groups is 1. The van der Waals surface area contributed by atoms with Crippen LogP contribution in [0.15, 0.2) is 18.2 Å². The Balaban J connectivity index is 2.17. The van der Waals surface area contributed by atoms with E-state index in [4.69, 9.17) is 5.73 Å². The van der Waals surface area contributed by atoms with Crippen molar-refractivity contribution in [3.63, 3.8) is 0 Å². The zero-order valence-corrected chi connectivity index (χ0v) is 10.5. The summed E-state index contributed by atoms with van der Waals surface area (Å²) < 4.78 is 0. The molecule has 0 radical (unpaired) electrons. The Hall–Kier alpha value is -1.22. The van der Waals surface area contributed by atoms with Gasteiger partial charge in [-0.1, -0.05) is 19.3 Å². The lowest BCUT2D eigenvalue weighted by molar-refractivity contribution is 0.173. The number of nitrogens with one attached hydrogen (secondary N) is 1. The quantitative estimate of drug-likeness (QED) is 0.705. The molecular formula is C14H22N2O. The summed E-state index contributed by atoms with van der Waals surface area (Å²) in [6.07, 6.45) is 5.73. The minimum Gasteiger partial charge on any atom is -0.399 e. The van der Waals surface area contributed by atoms with Gasteiger partial charge in [0.2, 0.25) is 0 Å². The molecule has 0 aliphatic heterocycles. The molecule has 0 unspecified atom stereocenters. The van der Waals surface area contributed by atoms with E-state index in [0.29, 0.717) is 0 Å². The van der Waals surface area contributed by atoms with Gasteiger partial charge < -0.3 is 16.2 Å². The van der Waals surface area contributed by atoms with Crippen molar-refractivity contribution >= 4 is 11.4 Å². The maximum absolute atomic E-state index is 9.65. The first-order valence-electron chi connectivity index (χ1n) is 6.40. The van der Waals surface area contributed by atoms with E-state index < -0.39 is 0 Å². The second-order valence-electron chi connectivity index (χ2n) is 5.26. The lowest BCUT2D eigenvalue weighted by atomic mass is 9.82. The summed E-state index contributed by atoms with van der Waals surface area (Å²) in [5, 5.41) is 13.1. The summed E-state index contributed by atoms with van der Waals surface area (Å²) in [5.41, 5.74) is 8.66. The standard InChI is InChI=1S/C14H22N2O/c1-11-7-12(15)9-13(8-11)16-14(10-17)5-3-2-4-6-14/h7-9,16-17H,2-6,10,15H2,1H3. The highest BCUT2D eigenvalue weighted by atomic mass is 16.3. The van der Waals surface area contributed by atoms with E-state index in [9.17, 15) is 5.11 Å². The van der Waals surface area contributed by atoms with Crippen molar-refractivity contribution in [1.29, 1.82) is 0 Å². The van der Waals surface area contributed by atoms with Gasteiger partial charge in [-0.2, -0.15) is 0 Å². The molecule has 1 aliphatic rings. The molecule has 1 saturated carbocycles. The highest BCUT2D eigenvalue weighted by molar-refractivity contribution is 5.58. The number of rotatable bonds is 3. The smallest absolute Gasteiger partial charge is 0.0661 e. The molecule has 1 fully saturated rings. The largest absolute Gasteiger partial charge is 0.399 e. The molecule has 3 heteroatoms.